The van der Waals surface area contributed by atoms with Crippen LogP contribution in [0.5, 0.6) is 0 Å². The Morgan fingerprint density at radius 2 is 2.40 bits per heavy atom. The van der Waals surface area contributed by atoms with Gasteiger partial charge < -0.3 is 5.11 Å². The van der Waals surface area contributed by atoms with Gasteiger partial charge in [-0.05, 0) is 12.2 Å². The minimum absolute atomic E-state index is 0.755. The van der Waals surface area contributed by atoms with E-state index < -0.39 is 0 Å². The summed E-state index contributed by atoms with van der Waals surface area (Å²) in [6.45, 7) is 0. The van der Waals surface area contributed by atoms with Crippen molar-refractivity contribution in [3.05, 3.63) is 41.4 Å². The highest BCUT2D eigenvalue weighted by atomic mass is 16.2. The summed E-state index contributed by atoms with van der Waals surface area (Å²) in [4.78, 5) is 0. The van der Waals surface area contributed by atoms with Gasteiger partial charge in [-0.1, -0.05) is 17.7 Å². The molecule has 0 unspecified atom stereocenters. The van der Waals surface area contributed by atoms with Crippen LogP contribution in [0.4, 0.5) is 0 Å². The molecule has 1 aliphatic rings. The molecule has 10 heavy (non-hydrogen) atoms. The smallest absolute Gasteiger partial charge is 0.122 e. The fraction of sp³-hybridized carbons (Fsp3) is 0. The van der Waals surface area contributed by atoms with Gasteiger partial charge in [-0.15, -0.1) is 6.42 Å². The Kier molecular flexibility index (Phi) is 1.80. The summed E-state index contributed by atoms with van der Waals surface area (Å²) in [6.07, 6.45) is 11.4. The summed E-state index contributed by atoms with van der Waals surface area (Å²) in [7, 11) is 0. The van der Waals surface area contributed by atoms with Crippen molar-refractivity contribution in [3.63, 3.8) is 0 Å². The molecule has 0 heterocycles. The van der Waals surface area contributed by atoms with Crippen LogP contribution in [0.15, 0.2) is 41.4 Å². The van der Waals surface area contributed by atoms with Crippen LogP contribution >= 0.6 is 0 Å². The standard InChI is InChI=1S/C9H6O/c1-2-8-4-3-5-9(8)6-7-10/h1,3-5,7,10H. The zero-order chi connectivity index (χ0) is 7.40. The SMILES string of the molecule is C#CC1=CC=CC1=C=CO. The van der Waals surface area contributed by atoms with Gasteiger partial charge in [-0.3, -0.25) is 0 Å². The van der Waals surface area contributed by atoms with Gasteiger partial charge >= 0.3 is 0 Å². The molecule has 1 heteroatoms. The topological polar surface area (TPSA) is 20.2 Å². The van der Waals surface area contributed by atoms with E-state index in [1.54, 1.807) is 12.2 Å². The highest BCUT2D eigenvalue weighted by molar-refractivity contribution is 5.56. The molecule has 0 atom stereocenters. The highest BCUT2D eigenvalue weighted by Gasteiger charge is 2.00. The Labute approximate surface area is 59.7 Å². The van der Waals surface area contributed by atoms with Crippen molar-refractivity contribution in [3.8, 4) is 12.3 Å². The van der Waals surface area contributed by atoms with Gasteiger partial charge in [0.15, 0.2) is 0 Å². The third-order valence-electron chi connectivity index (χ3n) is 1.19. The van der Waals surface area contributed by atoms with E-state index in [1.807, 2.05) is 6.08 Å². The maximum atomic E-state index is 8.35. The molecule has 0 aromatic carbocycles. The van der Waals surface area contributed by atoms with E-state index in [4.69, 9.17) is 11.5 Å². The van der Waals surface area contributed by atoms with E-state index in [2.05, 4.69) is 11.7 Å². The Balaban J connectivity index is 3.06. The predicted octanol–water partition coefficient (Wildman–Crippen LogP) is 1.71. The lowest BCUT2D eigenvalue weighted by atomic mass is 10.2. The van der Waals surface area contributed by atoms with Crippen LogP contribution in [0, 0.1) is 12.3 Å². The third-order valence-corrected chi connectivity index (χ3v) is 1.19. The van der Waals surface area contributed by atoms with Crippen molar-refractivity contribution in [2.45, 2.75) is 0 Å². The van der Waals surface area contributed by atoms with Crippen LogP contribution in [0.25, 0.3) is 0 Å². The molecular weight excluding hydrogens is 124 g/mol. The number of hydrogen-bond donors (Lipinski definition) is 1. The second-order valence-electron chi connectivity index (χ2n) is 1.77. The van der Waals surface area contributed by atoms with Crippen LogP contribution in [0.2, 0.25) is 0 Å². The first-order valence-corrected chi connectivity index (χ1v) is 2.83. The molecule has 1 nitrogen and oxygen atoms in total. The molecule has 0 saturated carbocycles. The van der Waals surface area contributed by atoms with Crippen molar-refractivity contribution in [2.75, 3.05) is 0 Å². The molecule has 0 amide bonds. The van der Waals surface area contributed by atoms with Gasteiger partial charge in [0, 0.05) is 11.1 Å². The first kappa shape index (κ1) is 6.48. The van der Waals surface area contributed by atoms with Crippen LogP contribution in [0.1, 0.15) is 0 Å². The van der Waals surface area contributed by atoms with Gasteiger partial charge in [-0.25, -0.2) is 0 Å². The molecule has 0 radical (unpaired) electrons. The van der Waals surface area contributed by atoms with E-state index in [-0.39, 0.29) is 0 Å². The quantitative estimate of drug-likeness (QED) is 0.300. The first-order chi connectivity index (χ1) is 4.88. The summed E-state index contributed by atoms with van der Waals surface area (Å²) in [6, 6.07) is 0. The summed E-state index contributed by atoms with van der Waals surface area (Å²) in [5.74, 6) is 2.47. The monoisotopic (exact) mass is 130 g/mol. The molecule has 48 valence electrons. The average molecular weight is 130 g/mol. The molecule has 0 aromatic heterocycles. The number of rotatable bonds is 0. The molecule has 0 aromatic rings. The van der Waals surface area contributed by atoms with Crippen LogP contribution in [0.3, 0.4) is 0 Å². The number of aliphatic hydroxyl groups is 1. The summed E-state index contributed by atoms with van der Waals surface area (Å²) < 4.78 is 0. The summed E-state index contributed by atoms with van der Waals surface area (Å²) in [5, 5.41) is 8.35. The largest absolute Gasteiger partial charge is 0.507 e. The molecule has 0 aliphatic heterocycles. The van der Waals surface area contributed by atoms with Crippen LogP contribution in [-0.2, 0) is 0 Å². The molecule has 0 bridgehead atoms. The van der Waals surface area contributed by atoms with Gasteiger partial charge in [0.25, 0.3) is 0 Å². The molecule has 0 saturated heterocycles. The number of terminal acetylenes is 1. The minimum Gasteiger partial charge on any atom is -0.507 e. The normalized spacial score (nSPS) is 13.9. The lowest BCUT2D eigenvalue weighted by molar-refractivity contribution is 0.474. The zero-order valence-electron chi connectivity index (χ0n) is 5.33. The molecular formula is C9H6O. The Bertz CT molecular complexity index is 291. The van der Waals surface area contributed by atoms with Gasteiger partial charge in [0.05, 0.1) is 0 Å². The maximum absolute atomic E-state index is 8.35. The molecule has 1 N–H and O–H groups in total. The van der Waals surface area contributed by atoms with E-state index >= 15 is 0 Å². The zero-order valence-corrected chi connectivity index (χ0v) is 5.33. The van der Waals surface area contributed by atoms with E-state index in [1.165, 1.54) is 0 Å². The second-order valence-corrected chi connectivity index (χ2v) is 1.77. The number of allylic oxidation sites excluding steroid dienone is 5. The molecule has 1 aliphatic carbocycles. The fourth-order valence-electron chi connectivity index (χ4n) is 0.741. The maximum Gasteiger partial charge on any atom is 0.122 e. The van der Waals surface area contributed by atoms with Gasteiger partial charge in [-0.2, -0.15) is 0 Å². The third kappa shape index (κ3) is 1.02. The van der Waals surface area contributed by atoms with Crippen molar-refractivity contribution < 1.29 is 5.11 Å². The molecule has 0 spiro atoms. The van der Waals surface area contributed by atoms with E-state index in [0.717, 1.165) is 17.4 Å². The first-order valence-electron chi connectivity index (χ1n) is 2.83. The van der Waals surface area contributed by atoms with Gasteiger partial charge in [0.2, 0.25) is 0 Å². The Morgan fingerprint density at radius 1 is 1.60 bits per heavy atom. The molecule has 1 rings (SSSR count). The fourth-order valence-corrected chi connectivity index (χ4v) is 0.741. The Morgan fingerprint density at radius 3 is 3.00 bits per heavy atom. The van der Waals surface area contributed by atoms with Crippen molar-refractivity contribution >= 4 is 0 Å². The Hall–Kier alpha value is -1.64. The lowest BCUT2D eigenvalue weighted by Gasteiger charge is -1.86. The lowest BCUT2D eigenvalue weighted by Crippen LogP contribution is -1.73. The van der Waals surface area contributed by atoms with Crippen molar-refractivity contribution in [1.29, 1.82) is 0 Å². The molecule has 0 fully saturated rings. The van der Waals surface area contributed by atoms with E-state index in [9.17, 15) is 0 Å². The van der Waals surface area contributed by atoms with Gasteiger partial charge in [0.1, 0.15) is 6.26 Å². The minimum atomic E-state index is 0.755. The summed E-state index contributed by atoms with van der Waals surface area (Å²) in [5.41, 5.74) is 4.10. The van der Waals surface area contributed by atoms with Crippen molar-refractivity contribution in [1.82, 2.24) is 0 Å². The number of hydrogen-bond acceptors (Lipinski definition) is 1. The van der Waals surface area contributed by atoms with E-state index in [0.29, 0.717) is 0 Å². The van der Waals surface area contributed by atoms with Crippen LogP contribution in [-0.4, -0.2) is 5.11 Å². The second kappa shape index (κ2) is 2.77. The van der Waals surface area contributed by atoms with Crippen molar-refractivity contribution in [2.24, 2.45) is 0 Å². The highest BCUT2D eigenvalue weighted by Crippen LogP contribution is 2.15. The van der Waals surface area contributed by atoms with Crippen LogP contribution < -0.4 is 0 Å². The number of aliphatic hydroxyl groups excluding tert-OH is 1. The average Bonchev–Trinajstić information content (AvgIpc) is 2.36. The predicted molar refractivity (Wildman–Crippen MR) is 40.3 cm³/mol. The summed E-state index contributed by atoms with van der Waals surface area (Å²) >= 11 is 0.